The Hall–Kier alpha value is -2.62. The minimum atomic E-state index is 0.134. The molecule has 160 valence electrons. The van der Waals surface area contributed by atoms with E-state index in [4.69, 9.17) is 0 Å². The highest BCUT2D eigenvalue weighted by atomic mass is 16.1. The van der Waals surface area contributed by atoms with Crippen LogP contribution in [-0.2, 0) is 4.79 Å². The molecule has 1 N–H and O–H groups in total. The zero-order valence-corrected chi connectivity index (χ0v) is 19.4. The van der Waals surface area contributed by atoms with E-state index in [1.54, 1.807) is 6.21 Å². The summed E-state index contributed by atoms with van der Waals surface area (Å²) in [5.74, 6) is 1.21. The number of nitrogens with one attached hydrogen (secondary N) is 1. The maximum atomic E-state index is 12.3. The molecular weight excluding hydrogens is 367 g/mol. The molecule has 0 saturated heterocycles. The van der Waals surface area contributed by atoms with Gasteiger partial charge in [-0.1, -0.05) is 83.4 Å². The molecule has 1 aromatic carbocycles. The average Bonchev–Trinajstić information content (AvgIpc) is 2.72. The summed E-state index contributed by atoms with van der Waals surface area (Å²) in [6.07, 6.45) is 9.62. The van der Waals surface area contributed by atoms with Crippen LogP contribution in [0.3, 0.4) is 0 Å². The van der Waals surface area contributed by atoms with Crippen LogP contribution in [0.2, 0.25) is 6.32 Å². The zero-order valence-electron chi connectivity index (χ0n) is 19.4. The highest BCUT2D eigenvalue weighted by molar-refractivity contribution is 6.77. The van der Waals surface area contributed by atoms with E-state index >= 15 is 0 Å². The fourth-order valence-electron chi connectivity index (χ4n) is 2.90. The Labute approximate surface area is 184 Å². The summed E-state index contributed by atoms with van der Waals surface area (Å²) in [6, 6.07) is 8.15. The van der Waals surface area contributed by atoms with Crippen molar-refractivity contribution in [3.8, 4) is 0 Å². The van der Waals surface area contributed by atoms with Crippen LogP contribution in [0.4, 0.5) is 5.69 Å². The van der Waals surface area contributed by atoms with Gasteiger partial charge in [0.15, 0.2) is 0 Å². The first kappa shape index (κ1) is 25.4. The number of nitrogens with zero attached hydrogens (tertiary/aromatic N) is 1. The summed E-state index contributed by atoms with van der Waals surface area (Å²) in [5.41, 5.74) is 4.62. The van der Waals surface area contributed by atoms with Crippen molar-refractivity contribution in [2.75, 3.05) is 5.32 Å². The van der Waals surface area contributed by atoms with Crippen LogP contribution in [0.5, 0.6) is 0 Å². The third kappa shape index (κ3) is 8.81. The van der Waals surface area contributed by atoms with Crippen molar-refractivity contribution in [1.82, 2.24) is 0 Å². The van der Waals surface area contributed by atoms with Crippen LogP contribution in [0.25, 0.3) is 6.08 Å². The quantitative estimate of drug-likeness (QED) is 0.130. The lowest BCUT2D eigenvalue weighted by atomic mass is 9.65. The zero-order chi connectivity index (χ0) is 22.5. The molecule has 0 unspecified atom stereocenters. The minimum absolute atomic E-state index is 0.134. The lowest BCUT2D eigenvalue weighted by Gasteiger charge is -2.15. The van der Waals surface area contributed by atoms with Crippen molar-refractivity contribution >= 4 is 30.9 Å². The number of allylic oxidation sites excluding steroid dienone is 4. The molecule has 30 heavy (non-hydrogen) atoms. The topological polar surface area (TPSA) is 41.5 Å². The maximum Gasteiger partial charge on any atom is 0.211 e. The number of anilines is 1. The first-order valence-electron chi connectivity index (χ1n) is 10.9. The van der Waals surface area contributed by atoms with E-state index in [0.717, 1.165) is 47.4 Å². The summed E-state index contributed by atoms with van der Waals surface area (Å²) in [6.45, 7) is 18.5. The molecule has 0 aliphatic carbocycles. The summed E-state index contributed by atoms with van der Waals surface area (Å²) in [5, 5.41) is 3.45. The van der Waals surface area contributed by atoms with Crippen LogP contribution in [-0.4, -0.2) is 19.2 Å². The number of para-hydroxylation sites is 1. The molecule has 4 heteroatoms. The molecule has 1 rings (SSSR count). The summed E-state index contributed by atoms with van der Waals surface area (Å²) < 4.78 is 0. The number of benzene rings is 1. The molecule has 0 amide bonds. The molecule has 0 spiro atoms. The lowest BCUT2D eigenvalue weighted by Crippen LogP contribution is -2.12. The molecule has 0 heterocycles. The second kappa shape index (κ2) is 13.6. The number of rotatable bonds is 13. The number of hydrogen-bond donors (Lipinski definition) is 1. The lowest BCUT2D eigenvalue weighted by molar-refractivity contribution is -0.109. The van der Waals surface area contributed by atoms with Crippen molar-refractivity contribution in [3.63, 3.8) is 0 Å². The number of hydrogen-bond acceptors (Lipinski definition) is 3. The largest absolute Gasteiger partial charge is 0.340 e. The van der Waals surface area contributed by atoms with E-state index in [1.165, 1.54) is 0 Å². The van der Waals surface area contributed by atoms with Crippen molar-refractivity contribution in [3.05, 3.63) is 71.6 Å². The van der Waals surface area contributed by atoms with E-state index in [-0.39, 0.29) is 5.68 Å². The second-order valence-electron chi connectivity index (χ2n) is 7.94. The minimum Gasteiger partial charge on any atom is -0.340 e. The normalized spacial score (nSPS) is 12.3. The van der Waals surface area contributed by atoms with Crippen LogP contribution in [0, 0.1) is 5.92 Å². The van der Waals surface area contributed by atoms with Crippen molar-refractivity contribution < 1.29 is 4.79 Å². The summed E-state index contributed by atoms with van der Waals surface area (Å²) in [7, 11) is 0.566. The van der Waals surface area contributed by atoms with Gasteiger partial charge in [-0.3, -0.25) is 0 Å². The van der Waals surface area contributed by atoms with Gasteiger partial charge in [0.05, 0.1) is 0 Å². The van der Waals surface area contributed by atoms with Crippen molar-refractivity contribution in [2.24, 2.45) is 10.9 Å². The molecule has 0 aliphatic heterocycles. The molecule has 0 bridgehead atoms. The highest BCUT2D eigenvalue weighted by Gasteiger charge is 2.13. The molecule has 0 radical (unpaired) electrons. The van der Waals surface area contributed by atoms with E-state index in [2.05, 4.69) is 62.5 Å². The van der Waals surface area contributed by atoms with Gasteiger partial charge in [0.2, 0.25) is 7.28 Å². The van der Waals surface area contributed by atoms with Gasteiger partial charge in [0.25, 0.3) is 0 Å². The fraction of sp³-hybridized carbons (Fsp3) is 0.385. The van der Waals surface area contributed by atoms with Gasteiger partial charge in [0.1, 0.15) is 11.5 Å². The Morgan fingerprint density at radius 1 is 1.23 bits per heavy atom. The van der Waals surface area contributed by atoms with Gasteiger partial charge in [-0.25, -0.2) is 4.99 Å². The third-order valence-corrected chi connectivity index (χ3v) is 4.85. The number of unbranched alkanes of at least 4 members (excludes halogenated alkanes) is 1. The van der Waals surface area contributed by atoms with Crippen LogP contribution in [0.1, 0.15) is 59.4 Å². The standard InChI is InChI=1S/C26H37BN2O/c1-8-10-17-27-25(30)21(6)18-20(5)22(7)26(28-9-2)29-24-14-12-11-13-23(24)16-15-19(3)4/h9,11-16,19,27,29H,5-6,8,10,17-18H2,1-4,7H3/b16-15?,26-22+,28-9-. The van der Waals surface area contributed by atoms with Crippen molar-refractivity contribution in [2.45, 2.75) is 60.2 Å². The van der Waals surface area contributed by atoms with Gasteiger partial charge in [0, 0.05) is 11.9 Å². The highest BCUT2D eigenvalue weighted by Crippen LogP contribution is 2.25. The van der Waals surface area contributed by atoms with Crippen molar-refractivity contribution in [1.29, 1.82) is 0 Å². The Bertz CT molecular complexity index is 831. The molecule has 0 aliphatic rings. The third-order valence-electron chi connectivity index (χ3n) is 4.85. The number of carbonyl (C=O) groups is 1. The van der Waals surface area contributed by atoms with E-state index in [0.29, 0.717) is 25.2 Å². The van der Waals surface area contributed by atoms with Crippen LogP contribution >= 0.6 is 0 Å². The second-order valence-corrected chi connectivity index (χ2v) is 7.94. The summed E-state index contributed by atoms with van der Waals surface area (Å²) in [4.78, 5) is 16.9. The molecule has 0 saturated carbocycles. The van der Waals surface area contributed by atoms with Gasteiger partial charge in [-0.2, -0.15) is 0 Å². The average molecular weight is 404 g/mol. The van der Waals surface area contributed by atoms with Gasteiger partial charge < -0.3 is 10.1 Å². The molecule has 3 nitrogen and oxygen atoms in total. The Kier molecular flexibility index (Phi) is 11.5. The first-order chi connectivity index (χ1) is 14.3. The predicted molar refractivity (Wildman–Crippen MR) is 136 cm³/mol. The summed E-state index contributed by atoms with van der Waals surface area (Å²) >= 11 is 0. The van der Waals surface area contributed by atoms with Gasteiger partial charge in [-0.15, -0.1) is 0 Å². The van der Waals surface area contributed by atoms with Crippen LogP contribution < -0.4 is 5.32 Å². The molecule has 0 aromatic heterocycles. The predicted octanol–water partition coefficient (Wildman–Crippen LogP) is 6.77. The number of carbonyl (C=O) groups excluding carboxylic acids is 1. The molecule has 0 atom stereocenters. The Morgan fingerprint density at radius 2 is 1.93 bits per heavy atom. The first-order valence-corrected chi connectivity index (χ1v) is 10.9. The molecular formula is C26H37BN2O. The van der Waals surface area contributed by atoms with Gasteiger partial charge in [-0.05, 0) is 54.5 Å². The Morgan fingerprint density at radius 3 is 2.57 bits per heavy atom. The van der Waals surface area contributed by atoms with E-state index < -0.39 is 0 Å². The SMILES string of the molecule is C=C(CC(=C)/C(C)=C(\N=C/C)Nc1ccccc1C=CC(C)C)C(=O)BCCCC. The fourth-order valence-corrected chi connectivity index (χ4v) is 2.90. The Balaban J connectivity index is 3.01. The monoisotopic (exact) mass is 404 g/mol. The molecule has 1 aromatic rings. The van der Waals surface area contributed by atoms with Crippen LogP contribution in [0.15, 0.2) is 71.0 Å². The number of aliphatic imine (C=N–C) groups is 1. The van der Waals surface area contributed by atoms with E-state index in [1.807, 2.05) is 32.0 Å². The molecule has 0 fully saturated rings. The maximum absolute atomic E-state index is 12.3. The smallest absolute Gasteiger partial charge is 0.211 e. The van der Waals surface area contributed by atoms with Gasteiger partial charge >= 0.3 is 0 Å². The van der Waals surface area contributed by atoms with E-state index in [9.17, 15) is 4.79 Å².